The molecule has 5 heteroatoms. The topological polar surface area (TPSA) is 71.5 Å². The summed E-state index contributed by atoms with van der Waals surface area (Å²) in [5, 5.41) is 20.1. The van der Waals surface area contributed by atoms with Crippen molar-refractivity contribution in [2.45, 2.75) is 50.5 Å². The number of aliphatic hydroxyl groups is 2. The molecule has 0 radical (unpaired) electrons. The van der Waals surface area contributed by atoms with E-state index in [2.05, 4.69) is 0 Å². The van der Waals surface area contributed by atoms with Gasteiger partial charge < -0.3 is 24.4 Å². The van der Waals surface area contributed by atoms with Crippen molar-refractivity contribution in [2.75, 3.05) is 7.11 Å². The van der Waals surface area contributed by atoms with E-state index in [1.165, 1.54) is 0 Å². The van der Waals surface area contributed by atoms with Gasteiger partial charge in [-0.05, 0) is 18.6 Å². The largest absolute Gasteiger partial charge is 0.496 e. The van der Waals surface area contributed by atoms with E-state index in [0.29, 0.717) is 13.0 Å². The van der Waals surface area contributed by atoms with Crippen molar-refractivity contribution < 1.29 is 24.4 Å². The third-order valence-corrected chi connectivity index (χ3v) is 4.11. The summed E-state index contributed by atoms with van der Waals surface area (Å²) in [5.41, 5.74) is 2.05. The first-order valence-electron chi connectivity index (χ1n) is 6.90. The van der Waals surface area contributed by atoms with Gasteiger partial charge in [-0.25, -0.2) is 0 Å². The Morgan fingerprint density at radius 3 is 2.80 bits per heavy atom. The van der Waals surface area contributed by atoms with E-state index in [1.54, 1.807) is 7.11 Å². The molecule has 0 aromatic heterocycles. The quantitative estimate of drug-likeness (QED) is 0.792. The van der Waals surface area contributed by atoms with Crippen molar-refractivity contribution in [2.24, 2.45) is 0 Å². The van der Waals surface area contributed by atoms with Crippen LogP contribution in [-0.4, -0.2) is 41.7 Å². The number of hydrogen-bond donors (Lipinski definition) is 2. The molecule has 3 rings (SSSR count). The normalized spacial score (nSPS) is 30.7. The van der Waals surface area contributed by atoms with Crippen molar-refractivity contribution in [3.8, 4) is 5.75 Å². The molecule has 0 spiro atoms. The fraction of sp³-hybridized carbons (Fsp3) is 0.600. The van der Waals surface area contributed by atoms with E-state index in [1.807, 2.05) is 25.1 Å². The highest BCUT2D eigenvalue weighted by Crippen LogP contribution is 2.39. The van der Waals surface area contributed by atoms with Crippen LogP contribution >= 0.6 is 0 Å². The van der Waals surface area contributed by atoms with E-state index in [4.69, 9.17) is 14.2 Å². The molecule has 0 bridgehead atoms. The maximum atomic E-state index is 10.1. The van der Waals surface area contributed by atoms with Crippen LogP contribution in [0, 0.1) is 0 Å². The number of aliphatic hydroxyl groups excluding tert-OH is 2. The van der Waals surface area contributed by atoms with Gasteiger partial charge in [0.25, 0.3) is 0 Å². The zero-order valence-electron chi connectivity index (χ0n) is 11.7. The molecule has 0 amide bonds. The Morgan fingerprint density at radius 2 is 2.15 bits per heavy atom. The summed E-state index contributed by atoms with van der Waals surface area (Å²) in [6.07, 6.45) is -1.80. The van der Waals surface area contributed by atoms with Gasteiger partial charge in [-0.15, -0.1) is 0 Å². The molecule has 2 aliphatic heterocycles. The maximum absolute atomic E-state index is 10.1. The number of benzene rings is 1. The molecule has 1 aromatic rings. The first kappa shape index (κ1) is 13.8. The molecule has 0 aliphatic carbocycles. The predicted octanol–water partition coefficient (Wildman–Crippen LogP) is 1.17. The second-order valence-corrected chi connectivity index (χ2v) is 5.43. The Labute approximate surface area is 118 Å². The van der Waals surface area contributed by atoms with Crippen LogP contribution in [0.5, 0.6) is 5.75 Å². The molecule has 1 saturated heterocycles. The molecule has 2 aliphatic rings. The van der Waals surface area contributed by atoms with Crippen molar-refractivity contribution in [1.82, 2.24) is 0 Å². The first-order valence-corrected chi connectivity index (χ1v) is 6.90. The van der Waals surface area contributed by atoms with Crippen molar-refractivity contribution in [1.29, 1.82) is 0 Å². The number of ether oxygens (including phenoxy) is 3. The number of fused-ring (bicyclic) bond motifs is 1. The monoisotopic (exact) mass is 280 g/mol. The minimum absolute atomic E-state index is 0.0246. The number of epoxide rings is 1. The highest BCUT2D eigenvalue weighted by atomic mass is 16.6. The Balaban J connectivity index is 1.69. The van der Waals surface area contributed by atoms with Crippen LogP contribution < -0.4 is 4.74 Å². The minimum atomic E-state index is -0.858. The van der Waals surface area contributed by atoms with Crippen molar-refractivity contribution in [3.63, 3.8) is 0 Å². The van der Waals surface area contributed by atoms with Crippen molar-refractivity contribution in [3.05, 3.63) is 29.3 Å². The molecule has 5 atom stereocenters. The summed E-state index contributed by atoms with van der Waals surface area (Å²) in [6.45, 7) is 2.36. The summed E-state index contributed by atoms with van der Waals surface area (Å²) in [7, 11) is 1.63. The van der Waals surface area contributed by atoms with E-state index >= 15 is 0 Å². The Bertz CT molecular complexity index is 489. The lowest BCUT2D eigenvalue weighted by molar-refractivity contribution is -0.0394. The van der Waals surface area contributed by atoms with Crippen LogP contribution in [0.1, 0.15) is 30.6 Å². The third-order valence-electron chi connectivity index (χ3n) is 4.11. The standard InChI is InChI=1S/C15H20O5/c1-8-15(20-8)14(17)11(16)6-13-9-4-3-5-12(18-2)10(9)7-19-13/h3-5,8,11,13-17H,6-7H2,1-2H3/t8-,11-,13-,14-,15-/m1/s1. The van der Waals surface area contributed by atoms with Crippen molar-refractivity contribution >= 4 is 0 Å². The smallest absolute Gasteiger partial charge is 0.124 e. The highest BCUT2D eigenvalue weighted by molar-refractivity contribution is 5.43. The fourth-order valence-corrected chi connectivity index (χ4v) is 2.84. The zero-order chi connectivity index (χ0) is 14.3. The van der Waals surface area contributed by atoms with Gasteiger partial charge in [0.1, 0.15) is 18.0 Å². The van der Waals surface area contributed by atoms with Gasteiger partial charge in [-0.1, -0.05) is 12.1 Å². The van der Waals surface area contributed by atoms with Crippen LogP contribution in [0.2, 0.25) is 0 Å². The van der Waals surface area contributed by atoms with Gasteiger partial charge in [0.15, 0.2) is 0 Å². The Kier molecular flexibility index (Phi) is 3.69. The SMILES string of the molecule is COc1cccc2c1CO[C@@H]2C[C@@H](O)[C@@H](O)[C@@H]1O[C@@H]1C. The van der Waals surface area contributed by atoms with Crippen LogP contribution in [-0.2, 0) is 16.1 Å². The van der Waals surface area contributed by atoms with Crippen LogP contribution in [0.15, 0.2) is 18.2 Å². The molecule has 110 valence electrons. The molecule has 2 N–H and O–H groups in total. The molecule has 1 aromatic carbocycles. The lowest BCUT2D eigenvalue weighted by Gasteiger charge is -2.20. The van der Waals surface area contributed by atoms with E-state index in [9.17, 15) is 10.2 Å². The summed E-state index contributed by atoms with van der Waals surface area (Å²) in [5.74, 6) is 0.805. The number of methoxy groups -OCH3 is 1. The lowest BCUT2D eigenvalue weighted by Crippen LogP contribution is -2.33. The molecule has 2 heterocycles. The van der Waals surface area contributed by atoms with E-state index in [0.717, 1.165) is 16.9 Å². The molecule has 1 fully saturated rings. The highest BCUT2D eigenvalue weighted by Gasteiger charge is 2.44. The predicted molar refractivity (Wildman–Crippen MR) is 71.5 cm³/mol. The fourth-order valence-electron chi connectivity index (χ4n) is 2.84. The van der Waals surface area contributed by atoms with Gasteiger partial charge in [0.2, 0.25) is 0 Å². The van der Waals surface area contributed by atoms with Gasteiger partial charge in [-0.2, -0.15) is 0 Å². The molecule has 0 saturated carbocycles. The second-order valence-electron chi connectivity index (χ2n) is 5.43. The Hall–Kier alpha value is -1.14. The summed E-state index contributed by atoms with van der Waals surface area (Å²) < 4.78 is 16.2. The van der Waals surface area contributed by atoms with Gasteiger partial charge in [-0.3, -0.25) is 0 Å². The average Bonchev–Trinajstić information content (AvgIpc) is 3.04. The van der Waals surface area contributed by atoms with E-state index < -0.39 is 12.2 Å². The first-order chi connectivity index (χ1) is 9.61. The van der Waals surface area contributed by atoms with Gasteiger partial charge in [0.05, 0.1) is 32.0 Å². The van der Waals surface area contributed by atoms with E-state index in [-0.39, 0.29) is 18.3 Å². The lowest BCUT2D eigenvalue weighted by atomic mass is 9.97. The van der Waals surface area contributed by atoms with Crippen LogP contribution in [0.3, 0.4) is 0 Å². The summed E-state index contributed by atoms with van der Waals surface area (Å²) in [6, 6.07) is 5.79. The van der Waals surface area contributed by atoms with Gasteiger partial charge in [0, 0.05) is 12.0 Å². The molecule has 0 unspecified atom stereocenters. The molecular weight excluding hydrogens is 260 g/mol. The summed E-state index contributed by atoms with van der Waals surface area (Å²) in [4.78, 5) is 0. The van der Waals surface area contributed by atoms with Gasteiger partial charge >= 0.3 is 0 Å². The number of hydrogen-bond acceptors (Lipinski definition) is 5. The molecule has 5 nitrogen and oxygen atoms in total. The maximum Gasteiger partial charge on any atom is 0.124 e. The Morgan fingerprint density at radius 1 is 1.40 bits per heavy atom. The zero-order valence-corrected chi connectivity index (χ0v) is 11.7. The second kappa shape index (κ2) is 5.33. The van der Waals surface area contributed by atoms with Crippen LogP contribution in [0.4, 0.5) is 0 Å². The summed E-state index contributed by atoms with van der Waals surface area (Å²) >= 11 is 0. The minimum Gasteiger partial charge on any atom is -0.496 e. The number of rotatable bonds is 5. The van der Waals surface area contributed by atoms with Crippen LogP contribution in [0.25, 0.3) is 0 Å². The molecular formula is C15H20O5. The average molecular weight is 280 g/mol. The third kappa shape index (κ3) is 2.42. The molecule has 20 heavy (non-hydrogen) atoms.